The summed E-state index contributed by atoms with van der Waals surface area (Å²) < 4.78 is 0. The van der Waals surface area contributed by atoms with E-state index in [0.717, 1.165) is 38.2 Å². The largest absolute Gasteiger partial charge is 0.382 e. The summed E-state index contributed by atoms with van der Waals surface area (Å²) in [5.74, 6) is 0. The van der Waals surface area contributed by atoms with Crippen LogP contribution in [-0.4, -0.2) is 29.0 Å². The molecular weight excluding hydrogens is 272 g/mol. The first kappa shape index (κ1) is 14.6. The second-order valence-electron chi connectivity index (χ2n) is 5.72. The monoisotopic (exact) mass is 292 g/mol. The van der Waals surface area contributed by atoms with Gasteiger partial charge in [0.2, 0.25) is 0 Å². The van der Waals surface area contributed by atoms with Crippen molar-refractivity contribution in [1.29, 1.82) is 5.26 Å². The number of aromatic nitrogens is 1. The minimum atomic E-state index is 0.464. The molecular formula is C18H20N4. The van der Waals surface area contributed by atoms with E-state index in [1.54, 1.807) is 6.20 Å². The highest BCUT2D eigenvalue weighted by Gasteiger charge is 2.19. The van der Waals surface area contributed by atoms with Crippen LogP contribution in [0, 0.1) is 11.3 Å². The SMILES string of the molecule is N#Cc1cc(NC2CCN(Cc3ccccc3)CC2)ccn1. The Bertz CT molecular complexity index is 640. The van der Waals surface area contributed by atoms with Gasteiger partial charge in [0.25, 0.3) is 0 Å². The smallest absolute Gasteiger partial charge is 0.142 e. The number of likely N-dealkylation sites (tertiary alicyclic amines) is 1. The molecule has 1 saturated heterocycles. The fourth-order valence-electron chi connectivity index (χ4n) is 2.89. The summed E-state index contributed by atoms with van der Waals surface area (Å²) in [7, 11) is 0. The number of piperidine rings is 1. The van der Waals surface area contributed by atoms with E-state index in [1.807, 2.05) is 12.1 Å². The van der Waals surface area contributed by atoms with Gasteiger partial charge in [-0.1, -0.05) is 30.3 Å². The highest BCUT2D eigenvalue weighted by atomic mass is 15.1. The van der Waals surface area contributed by atoms with Crippen LogP contribution in [0.1, 0.15) is 24.1 Å². The van der Waals surface area contributed by atoms with Crippen molar-refractivity contribution in [1.82, 2.24) is 9.88 Å². The van der Waals surface area contributed by atoms with Crippen LogP contribution in [0.2, 0.25) is 0 Å². The van der Waals surface area contributed by atoms with E-state index in [0.29, 0.717) is 11.7 Å². The summed E-state index contributed by atoms with van der Waals surface area (Å²) in [6.45, 7) is 3.23. The Kier molecular flexibility index (Phi) is 4.67. The molecule has 112 valence electrons. The maximum Gasteiger partial charge on any atom is 0.142 e. The fraction of sp³-hybridized carbons (Fsp3) is 0.333. The molecule has 2 aromatic rings. The number of hydrogen-bond acceptors (Lipinski definition) is 4. The van der Waals surface area contributed by atoms with Crippen molar-refractivity contribution in [3.05, 3.63) is 59.9 Å². The van der Waals surface area contributed by atoms with Crippen LogP contribution < -0.4 is 5.32 Å². The predicted molar refractivity (Wildman–Crippen MR) is 87.3 cm³/mol. The molecule has 0 unspecified atom stereocenters. The van der Waals surface area contributed by atoms with E-state index in [9.17, 15) is 0 Å². The summed E-state index contributed by atoms with van der Waals surface area (Å²) in [5, 5.41) is 12.4. The van der Waals surface area contributed by atoms with Gasteiger partial charge in [0.05, 0.1) is 0 Å². The van der Waals surface area contributed by atoms with Crippen LogP contribution >= 0.6 is 0 Å². The summed E-state index contributed by atoms with van der Waals surface area (Å²) in [6.07, 6.45) is 3.93. The number of benzene rings is 1. The Labute approximate surface area is 131 Å². The lowest BCUT2D eigenvalue weighted by Crippen LogP contribution is -2.38. The van der Waals surface area contributed by atoms with Crippen molar-refractivity contribution < 1.29 is 0 Å². The quantitative estimate of drug-likeness (QED) is 0.941. The van der Waals surface area contributed by atoms with Crippen LogP contribution in [-0.2, 0) is 6.54 Å². The highest BCUT2D eigenvalue weighted by molar-refractivity contribution is 5.46. The maximum atomic E-state index is 8.90. The molecule has 1 aliphatic heterocycles. The number of nitriles is 1. The van der Waals surface area contributed by atoms with Crippen molar-refractivity contribution in [2.45, 2.75) is 25.4 Å². The van der Waals surface area contributed by atoms with Gasteiger partial charge in [-0.15, -0.1) is 0 Å². The highest BCUT2D eigenvalue weighted by Crippen LogP contribution is 2.18. The van der Waals surface area contributed by atoms with Gasteiger partial charge in [-0.25, -0.2) is 4.98 Å². The third-order valence-corrected chi connectivity index (χ3v) is 4.08. The van der Waals surface area contributed by atoms with Crippen molar-refractivity contribution in [3.8, 4) is 6.07 Å². The molecule has 0 radical (unpaired) electrons. The number of rotatable bonds is 4. The van der Waals surface area contributed by atoms with E-state index in [2.05, 4.69) is 51.6 Å². The molecule has 1 aliphatic rings. The van der Waals surface area contributed by atoms with Gasteiger partial charge in [0, 0.05) is 37.6 Å². The molecule has 4 heteroatoms. The van der Waals surface area contributed by atoms with E-state index in [-0.39, 0.29) is 0 Å². The Morgan fingerprint density at radius 2 is 1.95 bits per heavy atom. The molecule has 2 heterocycles. The standard InChI is InChI=1S/C18H20N4/c19-13-18-12-17(6-9-20-18)21-16-7-10-22(11-8-16)14-15-4-2-1-3-5-15/h1-6,9,12,16H,7-8,10-11,14H2,(H,20,21). The lowest BCUT2D eigenvalue weighted by molar-refractivity contribution is 0.211. The third-order valence-electron chi connectivity index (χ3n) is 4.08. The topological polar surface area (TPSA) is 52.0 Å². The molecule has 0 saturated carbocycles. The van der Waals surface area contributed by atoms with E-state index < -0.39 is 0 Å². The van der Waals surface area contributed by atoms with Gasteiger partial charge in [0.1, 0.15) is 11.8 Å². The van der Waals surface area contributed by atoms with E-state index >= 15 is 0 Å². The third kappa shape index (κ3) is 3.84. The Morgan fingerprint density at radius 1 is 1.18 bits per heavy atom. The molecule has 1 aromatic heterocycles. The van der Waals surface area contributed by atoms with Gasteiger partial charge in [0.15, 0.2) is 0 Å². The Balaban J connectivity index is 1.50. The molecule has 4 nitrogen and oxygen atoms in total. The molecule has 0 amide bonds. The zero-order valence-corrected chi connectivity index (χ0v) is 12.6. The van der Waals surface area contributed by atoms with Crippen molar-refractivity contribution >= 4 is 5.69 Å². The van der Waals surface area contributed by atoms with Crippen LogP contribution in [0.3, 0.4) is 0 Å². The van der Waals surface area contributed by atoms with Crippen LogP contribution in [0.15, 0.2) is 48.7 Å². The zero-order chi connectivity index (χ0) is 15.2. The van der Waals surface area contributed by atoms with Crippen LogP contribution in [0.4, 0.5) is 5.69 Å². The van der Waals surface area contributed by atoms with Crippen molar-refractivity contribution in [3.63, 3.8) is 0 Å². The Morgan fingerprint density at radius 3 is 2.68 bits per heavy atom. The van der Waals surface area contributed by atoms with Gasteiger partial charge < -0.3 is 5.32 Å². The predicted octanol–water partition coefficient (Wildman–Crippen LogP) is 3.03. The molecule has 3 rings (SSSR count). The lowest BCUT2D eigenvalue weighted by Gasteiger charge is -2.32. The molecule has 0 aliphatic carbocycles. The number of pyridine rings is 1. The minimum absolute atomic E-state index is 0.464. The van der Waals surface area contributed by atoms with Gasteiger partial charge >= 0.3 is 0 Å². The van der Waals surface area contributed by atoms with Crippen molar-refractivity contribution in [2.24, 2.45) is 0 Å². The molecule has 22 heavy (non-hydrogen) atoms. The number of nitrogens with one attached hydrogen (secondary N) is 1. The number of anilines is 1. The molecule has 0 atom stereocenters. The van der Waals surface area contributed by atoms with E-state index in [1.165, 1.54) is 5.56 Å². The first-order valence-electron chi connectivity index (χ1n) is 7.72. The molecule has 0 spiro atoms. The summed E-state index contributed by atoms with van der Waals surface area (Å²) >= 11 is 0. The minimum Gasteiger partial charge on any atom is -0.382 e. The van der Waals surface area contributed by atoms with Gasteiger partial charge in [-0.2, -0.15) is 5.26 Å². The van der Waals surface area contributed by atoms with Gasteiger partial charge in [-0.3, -0.25) is 4.90 Å². The van der Waals surface area contributed by atoms with Crippen LogP contribution in [0.5, 0.6) is 0 Å². The molecule has 0 bridgehead atoms. The second-order valence-corrected chi connectivity index (χ2v) is 5.72. The second kappa shape index (κ2) is 7.06. The average molecular weight is 292 g/mol. The summed E-state index contributed by atoms with van der Waals surface area (Å²) in [6, 6.07) is 16.9. The molecule has 1 N–H and O–H groups in total. The van der Waals surface area contributed by atoms with Crippen molar-refractivity contribution in [2.75, 3.05) is 18.4 Å². The Hall–Kier alpha value is -2.38. The molecule has 1 aromatic carbocycles. The number of hydrogen-bond donors (Lipinski definition) is 1. The summed E-state index contributed by atoms with van der Waals surface area (Å²) in [5.41, 5.74) is 2.83. The van der Waals surface area contributed by atoms with E-state index in [4.69, 9.17) is 5.26 Å². The first-order valence-corrected chi connectivity index (χ1v) is 7.72. The maximum absolute atomic E-state index is 8.90. The average Bonchev–Trinajstić information content (AvgIpc) is 2.58. The van der Waals surface area contributed by atoms with Gasteiger partial charge in [-0.05, 0) is 30.5 Å². The normalized spacial score (nSPS) is 16.1. The fourth-order valence-corrected chi connectivity index (χ4v) is 2.89. The molecule has 1 fully saturated rings. The summed E-state index contributed by atoms with van der Waals surface area (Å²) in [4.78, 5) is 6.50. The first-order chi connectivity index (χ1) is 10.8. The number of nitrogens with zero attached hydrogens (tertiary/aromatic N) is 3. The van der Waals surface area contributed by atoms with Crippen LogP contribution in [0.25, 0.3) is 0 Å². The zero-order valence-electron chi connectivity index (χ0n) is 12.6. The lowest BCUT2D eigenvalue weighted by atomic mass is 10.0.